The second-order valence-electron chi connectivity index (χ2n) is 6.20. The van der Waals surface area contributed by atoms with Crippen molar-refractivity contribution < 1.29 is 17.9 Å². The molecule has 0 amide bonds. The molecule has 1 N–H and O–H groups in total. The Kier molecular flexibility index (Phi) is 6.76. The van der Waals surface area contributed by atoms with E-state index in [0.717, 1.165) is 5.56 Å². The van der Waals surface area contributed by atoms with E-state index in [1.807, 2.05) is 12.1 Å². The van der Waals surface area contributed by atoms with Gasteiger partial charge in [0, 0.05) is 23.2 Å². The molecule has 8 nitrogen and oxygen atoms in total. The molecule has 1 heterocycles. The largest absolute Gasteiger partial charge is 0.497 e. The first-order valence-electron chi connectivity index (χ1n) is 8.90. The SMILES string of the molecule is COc1ccc(-c2ccc(=O)n(CCNS(=O)(=O)c3cc(Cl)ccc3OC)n2)cc1. The zero-order valence-corrected chi connectivity index (χ0v) is 17.9. The van der Waals surface area contributed by atoms with Crippen LogP contribution in [0.1, 0.15) is 0 Å². The van der Waals surface area contributed by atoms with E-state index in [4.69, 9.17) is 21.1 Å². The number of hydrogen-bond acceptors (Lipinski definition) is 6. The summed E-state index contributed by atoms with van der Waals surface area (Å²) < 4.78 is 39.1. The van der Waals surface area contributed by atoms with E-state index in [1.54, 1.807) is 25.3 Å². The lowest BCUT2D eigenvalue weighted by Crippen LogP contribution is -2.32. The Morgan fingerprint density at radius 3 is 2.43 bits per heavy atom. The summed E-state index contributed by atoms with van der Waals surface area (Å²) in [5.41, 5.74) is 1.04. The molecule has 3 aromatic rings. The van der Waals surface area contributed by atoms with Crippen LogP contribution in [-0.4, -0.2) is 39.0 Å². The molecule has 0 aliphatic carbocycles. The highest BCUT2D eigenvalue weighted by Crippen LogP contribution is 2.26. The maximum Gasteiger partial charge on any atom is 0.266 e. The Balaban J connectivity index is 1.76. The third-order valence-corrected chi connectivity index (χ3v) is 6.00. The van der Waals surface area contributed by atoms with Gasteiger partial charge in [0.2, 0.25) is 10.0 Å². The molecule has 30 heavy (non-hydrogen) atoms. The summed E-state index contributed by atoms with van der Waals surface area (Å²) in [7, 11) is -0.947. The van der Waals surface area contributed by atoms with Gasteiger partial charge in [-0.15, -0.1) is 0 Å². The van der Waals surface area contributed by atoms with Gasteiger partial charge >= 0.3 is 0 Å². The van der Waals surface area contributed by atoms with Crippen molar-refractivity contribution in [3.05, 3.63) is 70.0 Å². The summed E-state index contributed by atoms with van der Waals surface area (Å²) in [4.78, 5) is 12.1. The highest BCUT2D eigenvalue weighted by atomic mass is 35.5. The lowest BCUT2D eigenvalue weighted by atomic mass is 10.1. The van der Waals surface area contributed by atoms with E-state index in [2.05, 4.69) is 9.82 Å². The summed E-state index contributed by atoms with van der Waals surface area (Å²) in [5, 5.41) is 4.59. The van der Waals surface area contributed by atoms with Crippen molar-refractivity contribution in [2.75, 3.05) is 20.8 Å². The molecule has 0 fully saturated rings. The Labute approximate surface area is 179 Å². The number of methoxy groups -OCH3 is 2. The molecule has 0 saturated carbocycles. The fraction of sp³-hybridized carbons (Fsp3) is 0.200. The molecule has 158 valence electrons. The van der Waals surface area contributed by atoms with Gasteiger partial charge in [-0.2, -0.15) is 5.10 Å². The minimum absolute atomic E-state index is 0.0447. The van der Waals surface area contributed by atoms with E-state index in [1.165, 1.54) is 36.1 Å². The molecule has 0 spiro atoms. The van der Waals surface area contributed by atoms with Crippen molar-refractivity contribution in [3.63, 3.8) is 0 Å². The van der Waals surface area contributed by atoms with Crippen molar-refractivity contribution in [2.24, 2.45) is 0 Å². The zero-order valence-electron chi connectivity index (χ0n) is 16.3. The number of aromatic nitrogens is 2. The summed E-state index contributed by atoms with van der Waals surface area (Å²) in [6.45, 7) is 0.00190. The van der Waals surface area contributed by atoms with E-state index in [9.17, 15) is 13.2 Å². The lowest BCUT2D eigenvalue weighted by molar-refractivity contribution is 0.402. The first-order chi connectivity index (χ1) is 14.3. The van der Waals surface area contributed by atoms with Crippen LogP contribution in [0.3, 0.4) is 0 Å². The van der Waals surface area contributed by atoms with Gasteiger partial charge in [-0.25, -0.2) is 17.8 Å². The van der Waals surface area contributed by atoms with Crippen LogP contribution in [-0.2, 0) is 16.6 Å². The number of ether oxygens (including phenoxy) is 2. The minimum atomic E-state index is -3.90. The van der Waals surface area contributed by atoms with Crippen LogP contribution in [0.15, 0.2) is 64.3 Å². The lowest BCUT2D eigenvalue weighted by Gasteiger charge is -2.12. The first kappa shape index (κ1) is 21.8. The number of nitrogens with zero attached hydrogens (tertiary/aromatic N) is 2. The van der Waals surface area contributed by atoms with Gasteiger partial charge in [0.05, 0.1) is 26.5 Å². The van der Waals surface area contributed by atoms with Crippen LogP contribution < -0.4 is 19.8 Å². The molecule has 1 aromatic heterocycles. The van der Waals surface area contributed by atoms with Crippen LogP contribution in [0, 0.1) is 0 Å². The number of halogens is 1. The summed E-state index contributed by atoms with van der Waals surface area (Å²) in [6, 6.07) is 14.5. The normalized spacial score (nSPS) is 11.3. The molecule has 2 aromatic carbocycles. The number of rotatable bonds is 8. The Morgan fingerprint density at radius 1 is 1.03 bits per heavy atom. The number of nitrogens with one attached hydrogen (secondary N) is 1. The maximum absolute atomic E-state index is 12.6. The highest BCUT2D eigenvalue weighted by molar-refractivity contribution is 7.89. The topological polar surface area (TPSA) is 99.5 Å². The fourth-order valence-electron chi connectivity index (χ4n) is 2.75. The van der Waals surface area contributed by atoms with Crippen molar-refractivity contribution in [2.45, 2.75) is 11.4 Å². The van der Waals surface area contributed by atoms with Crippen molar-refractivity contribution in [3.8, 4) is 22.8 Å². The Bertz CT molecular complexity index is 1190. The Morgan fingerprint density at radius 2 is 1.77 bits per heavy atom. The van der Waals surface area contributed by atoms with Gasteiger partial charge in [-0.3, -0.25) is 4.79 Å². The molecule has 0 aliphatic heterocycles. The van der Waals surface area contributed by atoms with Gasteiger partial charge in [0.25, 0.3) is 5.56 Å². The number of hydrogen-bond donors (Lipinski definition) is 1. The van der Waals surface area contributed by atoms with Crippen molar-refractivity contribution in [1.29, 1.82) is 0 Å². The van der Waals surface area contributed by atoms with Gasteiger partial charge in [-0.1, -0.05) is 11.6 Å². The smallest absolute Gasteiger partial charge is 0.266 e. The van der Waals surface area contributed by atoms with Crippen LogP contribution in [0.2, 0.25) is 5.02 Å². The van der Waals surface area contributed by atoms with Gasteiger partial charge in [0.1, 0.15) is 16.4 Å². The Hall–Kier alpha value is -2.88. The monoisotopic (exact) mass is 449 g/mol. The van der Waals surface area contributed by atoms with E-state index in [-0.39, 0.29) is 34.3 Å². The quantitative estimate of drug-likeness (QED) is 0.567. The van der Waals surface area contributed by atoms with E-state index in [0.29, 0.717) is 11.4 Å². The van der Waals surface area contributed by atoms with Crippen molar-refractivity contribution in [1.82, 2.24) is 14.5 Å². The summed E-state index contributed by atoms with van der Waals surface area (Å²) in [6.07, 6.45) is 0. The summed E-state index contributed by atoms with van der Waals surface area (Å²) >= 11 is 5.91. The number of sulfonamides is 1. The molecular weight excluding hydrogens is 430 g/mol. The van der Waals surface area contributed by atoms with E-state index < -0.39 is 10.0 Å². The number of benzene rings is 2. The molecule has 0 bridgehead atoms. The molecular formula is C20H20ClN3O5S. The predicted molar refractivity (Wildman–Crippen MR) is 114 cm³/mol. The second kappa shape index (κ2) is 9.29. The van der Waals surface area contributed by atoms with Crippen molar-refractivity contribution >= 4 is 21.6 Å². The van der Waals surface area contributed by atoms with Crippen LogP contribution >= 0.6 is 11.6 Å². The summed E-state index contributed by atoms with van der Waals surface area (Å²) in [5.74, 6) is 0.876. The minimum Gasteiger partial charge on any atom is -0.497 e. The van der Waals surface area contributed by atoms with Crippen LogP contribution in [0.5, 0.6) is 11.5 Å². The second-order valence-corrected chi connectivity index (χ2v) is 8.37. The predicted octanol–water partition coefficient (Wildman–Crippen LogP) is 2.56. The molecule has 0 radical (unpaired) electrons. The average Bonchev–Trinajstić information content (AvgIpc) is 2.75. The first-order valence-corrected chi connectivity index (χ1v) is 10.8. The molecule has 10 heteroatoms. The van der Waals surface area contributed by atoms with Gasteiger partial charge < -0.3 is 9.47 Å². The molecule has 0 aliphatic rings. The standard InChI is InChI=1S/C20H20ClN3O5S/c1-28-16-6-3-14(4-7-16)17-8-10-20(25)24(23-17)12-11-22-30(26,27)19-13-15(21)5-9-18(19)29-2/h3-10,13,22H,11-12H2,1-2H3. The van der Waals surface area contributed by atoms with E-state index >= 15 is 0 Å². The zero-order chi connectivity index (χ0) is 21.7. The van der Waals surface area contributed by atoms with Crippen LogP contribution in [0.4, 0.5) is 0 Å². The molecule has 0 unspecified atom stereocenters. The maximum atomic E-state index is 12.6. The van der Waals surface area contributed by atoms with Gasteiger partial charge in [0.15, 0.2) is 0 Å². The fourth-order valence-corrected chi connectivity index (χ4v) is 4.20. The highest BCUT2D eigenvalue weighted by Gasteiger charge is 2.19. The third kappa shape index (κ3) is 4.99. The molecule has 3 rings (SSSR count). The third-order valence-electron chi connectivity index (χ3n) is 4.28. The average molecular weight is 450 g/mol. The van der Waals surface area contributed by atoms with Crippen LogP contribution in [0.25, 0.3) is 11.3 Å². The molecule has 0 atom stereocenters. The molecule has 0 saturated heterocycles. The van der Waals surface area contributed by atoms with Gasteiger partial charge in [-0.05, 0) is 48.5 Å².